The van der Waals surface area contributed by atoms with E-state index in [-0.39, 0.29) is 28.8 Å². The molecule has 3 atom stereocenters. The Morgan fingerprint density at radius 1 is 1.07 bits per heavy atom. The zero-order valence-electron chi connectivity index (χ0n) is 15.7. The first kappa shape index (κ1) is 17.7. The van der Waals surface area contributed by atoms with Gasteiger partial charge < -0.3 is 24.8 Å². The van der Waals surface area contributed by atoms with Gasteiger partial charge in [0.25, 0.3) is 5.78 Å². The number of aryl methyl sites for hydroxylation is 1. The highest BCUT2D eigenvalue weighted by Gasteiger charge is 2.74. The fraction of sp³-hybridized carbons (Fsp3) is 0.286. The predicted octanol–water partition coefficient (Wildman–Crippen LogP) is 1.54. The molecule has 1 aliphatic heterocycles. The molecular weight excluding hydrogens is 380 g/mol. The zero-order chi connectivity index (χ0) is 21.0. The number of fused-ring (bicyclic) bond motifs is 5. The van der Waals surface area contributed by atoms with Gasteiger partial charge in [-0.2, -0.15) is 0 Å². The van der Waals surface area contributed by atoms with Crippen molar-refractivity contribution in [2.45, 2.75) is 26.4 Å². The molecule has 1 aromatic carbocycles. The van der Waals surface area contributed by atoms with Crippen LogP contribution in [0.4, 0.5) is 0 Å². The Bertz CT molecular complexity index is 1180. The van der Waals surface area contributed by atoms with Crippen molar-refractivity contribution in [1.29, 1.82) is 0 Å². The lowest BCUT2D eigenvalue weighted by atomic mass is 9.68. The molecule has 0 saturated heterocycles. The van der Waals surface area contributed by atoms with Gasteiger partial charge >= 0.3 is 0 Å². The number of aliphatic hydroxyl groups is 2. The Hall–Kier alpha value is -3.39. The van der Waals surface area contributed by atoms with E-state index >= 15 is 0 Å². The Morgan fingerprint density at radius 3 is 2.45 bits per heavy atom. The number of phenols is 1. The van der Waals surface area contributed by atoms with Crippen molar-refractivity contribution in [3.63, 3.8) is 0 Å². The van der Waals surface area contributed by atoms with Crippen LogP contribution in [0.5, 0.6) is 17.2 Å². The van der Waals surface area contributed by atoms with Gasteiger partial charge in [-0.1, -0.05) is 5.57 Å². The summed E-state index contributed by atoms with van der Waals surface area (Å²) in [5.41, 5.74) is -3.34. The molecule has 1 heterocycles. The maximum absolute atomic E-state index is 13.0. The van der Waals surface area contributed by atoms with E-state index < -0.39 is 45.6 Å². The number of ether oxygens (including phenoxy) is 2. The maximum Gasteiger partial charge on any atom is 0.266 e. The van der Waals surface area contributed by atoms with E-state index in [1.165, 1.54) is 19.1 Å². The number of phenolic OH excluding ortho intramolecular Hbond substituents is 1. The molecule has 8 heteroatoms. The Kier molecular flexibility index (Phi) is 3.02. The van der Waals surface area contributed by atoms with Crippen LogP contribution in [0.25, 0.3) is 0 Å². The topological polar surface area (TPSA) is 130 Å². The summed E-state index contributed by atoms with van der Waals surface area (Å²) < 4.78 is 11.6. The number of rotatable bonds is 0. The van der Waals surface area contributed by atoms with Gasteiger partial charge in [-0.05, 0) is 44.5 Å². The minimum atomic E-state index is -2.44. The van der Waals surface area contributed by atoms with Crippen molar-refractivity contribution >= 4 is 17.3 Å². The highest BCUT2D eigenvalue weighted by atomic mass is 16.6. The molecule has 29 heavy (non-hydrogen) atoms. The summed E-state index contributed by atoms with van der Waals surface area (Å²) in [5.74, 6) is -5.54. The summed E-state index contributed by atoms with van der Waals surface area (Å²) in [6.45, 7) is 4.78. The van der Waals surface area contributed by atoms with Crippen LogP contribution in [0.2, 0.25) is 0 Å². The molecule has 3 N–H and O–H groups in total. The number of ketones is 3. The smallest absolute Gasteiger partial charge is 0.266 e. The largest absolute Gasteiger partial charge is 0.504 e. The molecule has 0 radical (unpaired) electrons. The number of benzene rings is 1. The third-order valence-electron chi connectivity index (χ3n) is 6.21. The third-order valence-corrected chi connectivity index (χ3v) is 6.21. The maximum atomic E-state index is 13.0. The highest BCUT2D eigenvalue weighted by molar-refractivity contribution is 6.29. The number of aromatic hydroxyl groups is 1. The van der Waals surface area contributed by atoms with Crippen molar-refractivity contribution in [3.05, 3.63) is 52.2 Å². The molecule has 0 amide bonds. The van der Waals surface area contributed by atoms with Crippen molar-refractivity contribution in [1.82, 2.24) is 0 Å². The number of Topliss-reactive ketones (excluding diaryl/α,β-unsaturated/α-hetero) is 2. The number of aliphatic hydroxyl groups excluding tert-OH is 1. The molecule has 1 fully saturated rings. The van der Waals surface area contributed by atoms with E-state index in [1.54, 1.807) is 19.9 Å². The average Bonchev–Trinajstić information content (AvgIpc) is 2.99. The van der Waals surface area contributed by atoms with E-state index in [2.05, 4.69) is 0 Å². The molecule has 3 aliphatic carbocycles. The fourth-order valence-corrected chi connectivity index (χ4v) is 5.07. The SMILES string of the molecule is CC1=CC(=O)C2(O)C(=O)C3=C(O)C(=O)C4=C(Oc5c(O)cc(C)cc5O4)C3(C)C12. The van der Waals surface area contributed by atoms with Crippen LogP contribution in [-0.2, 0) is 14.4 Å². The molecule has 1 aromatic rings. The van der Waals surface area contributed by atoms with Gasteiger partial charge in [0.1, 0.15) is 0 Å². The number of hydrogen-bond acceptors (Lipinski definition) is 8. The predicted molar refractivity (Wildman–Crippen MR) is 96.1 cm³/mol. The summed E-state index contributed by atoms with van der Waals surface area (Å²) >= 11 is 0. The van der Waals surface area contributed by atoms with Crippen molar-refractivity contribution < 1.29 is 39.2 Å². The molecule has 0 aromatic heterocycles. The molecule has 0 bridgehead atoms. The number of hydrogen-bond donors (Lipinski definition) is 3. The second-order valence-corrected chi connectivity index (χ2v) is 8.01. The van der Waals surface area contributed by atoms with E-state index in [1.807, 2.05) is 0 Å². The molecule has 0 spiro atoms. The number of carbonyl (C=O) groups is 3. The number of allylic oxidation sites excluding steroid dienone is 1. The molecule has 148 valence electrons. The summed E-state index contributed by atoms with van der Waals surface area (Å²) in [6, 6.07) is 2.99. The lowest BCUT2D eigenvalue weighted by Gasteiger charge is -2.40. The lowest BCUT2D eigenvalue weighted by Crippen LogP contribution is -2.47. The Labute approximate surface area is 164 Å². The normalized spacial score (nSPS) is 32.3. The summed E-state index contributed by atoms with van der Waals surface area (Å²) in [4.78, 5) is 38.3. The van der Waals surface area contributed by atoms with Crippen LogP contribution in [0, 0.1) is 18.3 Å². The van der Waals surface area contributed by atoms with Gasteiger partial charge in [-0.25, -0.2) is 0 Å². The van der Waals surface area contributed by atoms with Crippen LogP contribution in [0.1, 0.15) is 19.4 Å². The molecular formula is C21H16O8. The number of carbonyl (C=O) groups excluding carboxylic acids is 3. The second-order valence-electron chi connectivity index (χ2n) is 8.01. The zero-order valence-corrected chi connectivity index (χ0v) is 15.7. The van der Waals surface area contributed by atoms with Gasteiger partial charge in [0, 0.05) is 5.92 Å². The monoisotopic (exact) mass is 396 g/mol. The van der Waals surface area contributed by atoms with Gasteiger partial charge in [-0.3, -0.25) is 14.4 Å². The van der Waals surface area contributed by atoms with Crippen molar-refractivity contribution in [2.24, 2.45) is 11.3 Å². The van der Waals surface area contributed by atoms with Crippen LogP contribution in [0.15, 0.2) is 46.6 Å². The molecule has 8 nitrogen and oxygen atoms in total. The third kappa shape index (κ3) is 1.76. The van der Waals surface area contributed by atoms with Crippen LogP contribution in [0.3, 0.4) is 0 Å². The quantitative estimate of drug-likeness (QED) is 0.563. The van der Waals surface area contributed by atoms with Gasteiger partial charge in [0.05, 0.1) is 11.0 Å². The van der Waals surface area contributed by atoms with Gasteiger partial charge in [-0.15, -0.1) is 0 Å². The summed E-state index contributed by atoms with van der Waals surface area (Å²) in [6.07, 6.45) is 1.18. The average molecular weight is 396 g/mol. The summed E-state index contributed by atoms with van der Waals surface area (Å²) in [5, 5.41) is 31.9. The molecule has 5 rings (SSSR count). The molecule has 1 saturated carbocycles. The minimum Gasteiger partial charge on any atom is -0.504 e. The van der Waals surface area contributed by atoms with E-state index in [4.69, 9.17) is 9.47 Å². The standard InChI is InChI=1S/C21H16O8/c1-7-4-9(22)15-10(5-7)28-16-14(25)13(24)12-18(26)21(27)11(23)6-8(2)17(21)20(12,3)19(16)29-15/h4-6,17,22,24,27H,1-3H3. The van der Waals surface area contributed by atoms with Gasteiger partial charge in [0.2, 0.25) is 17.3 Å². The first-order valence-corrected chi connectivity index (χ1v) is 8.95. The Morgan fingerprint density at radius 2 is 1.76 bits per heavy atom. The highest BCUT2D eigenvalue weighted by Crippen LogP contribution is 2.64. The van der Waals surface area contributed by atoms with Crippen molar-refractivity contribution in [2.75, 3.05) is 0 Å². The minimum absolute atomic E-state index is 0.0574. The lowest BCUT2D eigenvalue weighted by molar-refractivity contribution is -0.145. The van der Waals surface area contributed by atoms with Crippen LogP contribution in [-0.4, -0.2) is 38.3 Å². The van der Waals surface area contributed by atoms with E-state index in [0.29, 0.717) is 11.1 Å². The fourth-order valence-electron chi connectivity index (χ4n) is 5.07. The van der Waals surface area contributed by atoms with Crippen molar-refractivity contribution in [3.8, 4) is 17.2 Å². The van der Waals surface area contributed by atoms with E-state index in [0.717, 1.165) is 0 Å². The molecule has 4 aliphatic rings. The first-order chi connectivity index (χ1) is 13.5. The van der Waals surface area contributed by atoms with Crippen LogP contribution < -0.4 is 9.47 Å². The Balaban J connectivity index is 1.80. The second kappa shape index (κ2) is 4.96. The van der Waals surface area contributed by atoms with Crippen LogP contribution >= 0.6 is 0 Å². The van der Waals surface area contributed by atoms with Gasteiger partial charge in [0.15, 0.2) is 34.4 Å². The first-order valence-electron chi connectivity index (χ1n) is 8.95. The summed E-state index contributed by atoms with van der Waals surface area (Å²) in [7, 11) is 0. The molecule has 3 unspecified atom stereocenters. The van der Waals surface area contributed by atoms with E-state index in [9.17, 15) is 29.7 Å².